The average molecular weight is 462 g/mol. The third-order valence-corrected chi connectivity index (χ3v) is 7.20. The predicted octanol–water partition coefficient (Wildman–Crippen LogP) is 4.90. The Bertz CT molecular complexity index is 1330. The number of furan rings is 1. The number of phenolic OH excluding ortho intramolecular Hbond substituents is 1. The highest BCUT2D eigenvalue weighted by molar-refractivity contribution is 7.92. The summed E-state index contributed by atoms with van der Waals surface area (Å²) >= 11 is 6.05. The standard InChI is InChI=1S/C21H16ClNO5S2/c22-16-8-9-20(29(25)13-14-4-3-6-17(24)10-14)18(12-16)23-30(26,27)21-11-15-5-1-2-7-19(15)28-21/h1-12,23-24H,13H2. The Hall–Kier alpha value is -2.81. The Morgan fingerprint density at radius 2 is 1.80 bits per heavy atom. The second kappa shape index (κ2) is 8.14. The molecule has 4 rings (SSSR count). The van der Waals surface area contributed by atoms with Gasteiger partial charge in [0.05, 0.1) is 27.1 Å². The zero-order valence-corrected chi connectivity index (χ0v) is 17.8. The molecule has 0 aliphatic carbocycles. The van der Waals surface area contributed by atoms with Crippen molar-refractivity contribution in [3.05, 3.63) is 83.4 Å². The number of nitrogens with one attached hydrogen (secondary N) is 1. The van der Waals surface area contributed by atoms with Crippen molar-refractivity contribution in [1.82, 2.24) is 0 Å². The highest BCUT2D eigenvalue weighted by atomic mass is 35.5. The summed E-state index contributed by atoms with van der Waals surface area (Å²) in [4.78, 5) is 0.266. The summed E-state index contributed by atoms with van der Waals surface area (Å²) < 4.78 is 46.6. The second-order valence-electron chi connectivity index (χ2n) is 6.51. The van der Waals surface area contributed by atoms with Crippen LogP contribution in [0.25, 0.3) is 11.0 Å². The van der Waals surface area contributed by atoms with E-state index >= 15 is 0 Å². The molecule has 9 heteroatoms. The minimum atomic E-state index is -4.08. The lowest BCUT2D eigenvalue weighted by Gasteiger charge is -2.12. The number of para-hydroxylation sites is 1. The number of aromatic hydroxyl groups is 1. The van der Waals surface area contributed by atoms with E-state index in [1.165, 1.54) is 36.4 Å². The largest absolute Gasteiger partial charge is 0.508 e. The molecule has 2 N–H and O–H groups in total. The number of rotatable bonds is 6. The molecule has 154 valence electrons. The minimum Gasteiger partial charge on any atom is -0.508 e. The topological polar surface area (TPSA) is 96.6 Å². The number of sulfonamides is 1. The van der Waals surface area contributed by atoms with Gasteiger partial charge >= 0.3 is 0 Å². The highest BCUT2D eigenvalue weighted by Gasteiger charge is 2.22. The van der Waals surface area contributed by atoms with Gasteiger partial charge in [0.15, 0.2) is 0 Å². The Labute approximate surface area is 180 Å². The number of benzene rings is 3. The van der Waals surface area contributed by atoms with Crippen molar-refractivity contribution in [2.45, 2.75) is 15.7 Å². The van der Waals surface area contributed by atoms with Gasteiger partial charge in [0.25, 0.3) is 10.0 Å². The van der Waals surface area contributed by atoms with Crippen molar-refractivity contribution in [2.75, 3.05) is 4.72 Å². The maximum absolute atomic E-state index is 12.9. The molecule has 3 aromatic carbocycles. The molecule has 6 nitrogen and oxygen atoms in total. The molecule has 1 heterocycles. The van der Waals surface area contributed by atoms with Gasteiger partial charge in [0, 0.05) is 16.5 Å². The van der Waals surface area contributed by atoms with Crippen molar-refractivity contribution in [2.24, 2.45) is 0 Å². The normalized spacial score (nSPS) is 12.7. The molecule has 0 aliphatic rings. The lowest BCUT2D eigenvalue weighted by molar-refractivity contribution is 0.475. The van der Waals surface area contributed by atoms with Gasteiger partial charge in [-0.15, -0.1) is 0 Å². The van der Waals surface area contributed by atoms with Crippen LogP contribution in [0.5, 0.6) is 5.75 Å². The van der Waals surface area contributed by atoms with Crippen LogP contribution < -0.4 is 4.72 Å². The summed E-state index contributed by atoms with van der Waals surface area (Å²) in [5.41, 5.74) is 1.19. The molecule has 0 radical (unpaired) electrons. The van der Waals surface area contributed by atoms with E-state index in [2.05, 4.69) is 4.72 Å². The van der Waals surface area contributed by atoms with Gasteiger partial charge in [-0.3, -0.25) is 8.93 Å². The van der Waals surface area contributed by atoms with Crippen molar-refractivity contribution in [3.63, 3.8) is 0 Å². The summed E-state index contributed by atoms with van der Waals surface area (Å²) in [7, 11) is -5.67. The van der Waals surface area contributed by atoms with Crippen LogP contribution in [0, 0.1) is 0 Å². The zero-order valence-electron chi connectivity index (χ0n) is 15.4. The first-order valence-electron chi connectivity index (χ1n) is 8.79. The van der Waals surface area contributed by atoms with Crippen molar-refractivity contribution in [1.29, 1.82) is 0 Å². The fourth-order valence-electron chi connectivity index (χ4n) is 2.94. The molecule has 0 amide bonds. The molecule has 1 unspecified atom stereocenters. The van der Waals surface area contributed by atoms with Crippen LogP contribution in [0.2, 0.25) is 5.02 Å². The molecule has 0 aliphatic heterocycles. The quantitative estimate of drug-likeness (QED) is 0.425. The number of phenols is 1. The Morgan fingerprint density at radius 3 is 2.57 bits per heavy atom. The summed E-state index contributed by atoms with van der Waals surface area (Å²) in [5.74, 6) is 0.154. The summed E-state index contributed by atoms with van der Waals surface area (Å²) in [6, 6.07) is 19.2. The van der Waals surface area contributed by atoms with E-state index in [-0.39, 0.29) is 32.2 Å². The molecule has 1 aromatic heterocycles. The molecule has 0 fully saturated rings. The third kappa shape index (κ3) is 4.35. The van der Waals surface area contributed by atoms with Gasteiger partial charge in [-0.25, -0.2) is 0 Å². The van der Waals surface area contributed by atoms with Crippen LogP contribution in [-0.4, -0.2) is 17.7 Å². The monoisotopic (exact) mass is 461 g/mol. The van der Waals surface area contributed by atoms with Crippen LogP contribution in [0.1, 0.15) is 5.56 Å². The fourth-order valence-corrected chi connectivity index (χ4v) is 5.43. The summed E-state index contributed by atoms with van der Waals surface area (Å²) in [6.45, 7) is 0. The Kier molecular flexibility index (Phi) is 5.55. The molecule has 0 bridgehead atoms. The number of hydrogen-bond acceptors (Lipinski definition) is 5. The van der Waals surface area contributed by atoms with Crippen LogP contribution in [0.3, 0.4) is 0 Å². The summed E-state index contributed by atoms with van der Waals surface area (Å²) in [6.07, 6.45) is 0. The van der Waals surface area contributed by atoms with Crippen LogP contribution in [-0.2, 0) is 26.6 Å². The first kappa shape index (κ1) is 20.5. The van der Waals surface area contributed by atoms with Crippen LogP contribution >= 0.6 is 11.6 Å². The van der Waals surface area contributed by atoms with Crippen LogP contribution in [0.15, 0.2) is 87.2 Å². The SMILES string of the molecule is O=S(Cc1cccc(O)c1)c1ccc(Cl)cc1NS(=O)(=O)c1cc2ccccc2o1. The van der Waals surface area contributed by atoms with Gasteiger partial charge in [-0.2, -0.15) is 8.42 Å². The third-order valence-electron chi connectivity index (χ3n) is 4.31. The zero-order chi connectivity index (χ0) is 21.3. The smallest absolute Gasteiger partial charge is 0.295 e. The number of halogens is 1. The van der Waals surface area contributed by atoms with Gasteiger partial charge in [-0.05, 0) is 42.0 Å². The Balaban J connectivity index is 1.66. The number of anilines is 1. The minimum absolute atomic E-state index is 0.0615. The predicted molar refractivity (Wildman–Crippen MR) is 117 cm³/mol. The van der Waals surface area contributed by atoms with Crippen LogP contribution in [0.4, 0.5) is 5.69 Å². The number of fused-ring (bicyclic) bond motifs is 1. The van der Waals surface area contributed by atoms with Crippen molar-refractivity contribution >= 4 is 49.1 Å². The maximum Gasteiger partial charge on any atom is 0.295 e. The van der Waals surface area contributed by atoms with E-state index in [9.17, 15) is 17.7 Å². The van der Waals surface area contributed by atoms with Crippen molar-refractivity contribution < 1.29 is 22.2 Å². The molecule has 1 atom stereocenters. The molecule has 0 spiro atoms. The highest BCUT2D eigenvalue weighted by Crippen LogP contribution is 2.30. The fraction of sp³-hybridized carbons (Fsp3) is 0.0476. The van der Waals surface area contributed by atoms with E-state index in [1.807, 2.05) is 0 Å². The molecular formula is C21H16ClNO5S2. The van der Waals surface area contributed by atoms with Gasteiger partial charge in [0.1, 0.15) is 11.3 Å². The molecule has 4 aromatic rings. The average Bonchev–Trinajstić information content (AvgIpc) is 3.13. The molecule has 30 heavy (non-hydrogen) atoms. The molecule has 0 saturated carbocycles. The summed E-state index contributed by atoms with van der Waals surface area (Å²) in [5, 5.41) is 10.3. The maximum atomic E-state index is 12.9. The number of hydrogen-bond donors (Lipinski definition) is 2. The van der Waals surface area contributed by atoms with E-state index in [0.717, 1.165) is 0 Å². The lowest BCUT2D eigenvalue weighted by Crippen LogP contribution is -2.14. The first-order chi connectivity index (χ1) is 14.3. The molecule has 0 saturated heterocycles. The van der Waals surface area contributed by atoms with E-state index in [1.54, 1.807) is 36.4 Å². The molecular weight excluding hydrogens is 446 g/mol. The van der Waals surface area contributed by atoms with Gasteiger partial charge in [0.2, 0.25) is 5.09 Å². The van der Waals surface area contributed by atoms with Gasteiger partial charge in [-0.1, -0.05) is 41.9 Å². The lowest BCUT2D eigenvalue weighted by atomic mass is 10.2. The van der Waals surface area contributed by atoms with Crippen molar-refractivity contribution in [3.8, 4) is 5.75 Å². The van der Waals surface area contributed by atoms with Gasteiger partial charge < -0.3 is 9.52 Å². The second-order valence-corrected chi connectivity index (χ2v) is 9.98. The van der Waals surface area contributed by atoms with E-state index in [0.29, 0.717) is 16.5 Å². The van der Waals surface area contributed by atoms with E-state index < -0.39 is 20.8 Å². The first-order valence-corrected chi connectivity index (χ1v) is 12.0. The Morgan fingerprint density at radius 1 is 1.00 bits per heavy atom. The van der Waals surface area contributed by atoms with E-state index in [4.69, 9.17) is 16.0 Å².